The van der Waals surface area contributed by atoms with Gasteiger partial charge in [0.2, 0.25) is 0 Å². The van der Waals surface area contributed by atoms with Crippen LogP contribution in [-0.2, 0) is 0 Å². The summed E-state index contributed by atoms with van der Waals surface area (Å²) in [5.41, 5.74) is 5.54. The number of aryl methyl sites for hydroxylation is 1. The lowest BCUT2D eigenvalue weighted by molar-refractivity contribution is -0.159. The minimum absolute atomic E-state index is 0.161. The van der Waals surface area contributed by atoms with E-state index in [1.807, 2.05) is 19.1 Å². The van der Waals surface area contributed by atoms with E-state index in [1.54, 1.807) is 0 Å². The number of furan rings is 1. The lowest BCUT2D eigenvalue weighted by atomic mass is 9.93. The first-order valence-electron chi connectivity index (χ1n) is 9.53. The first-order valence-corrected chi connectivity index (χ1v) is 9.53. The van der Waals surface area contributed by atoms with Gasteiger partial charge in [-0.2, -0.15) is 5.01 Å². The molecular formula is C21H25N3O2. The average Bonchev–Trinajstić information content (AvgIpc) is 3.30. The molecule has 1 N–H and O–H groups in total. The Morgan fingerprint density at radius 1 is 1.15 bits per heavy atom. The number of hydrazine groups is 1. The molecule has 4 heterocycles. The van der Waals surface area contributed by atoms with E-state index in [2.05, 4.69) is 52.6 Å². The maximum absolute atomic E-state index is 6.63. The Kier molecular flexibility index (Phi) is 3.62. The van der Waals surface area contributed by atoms with Crippen LogP contribution in [0.15, 0.2) is 46.9 Å². The smallest absolute Gasteiger partial charge is 0.182 e. The third-order valence-corrected chi connectivity index (χ3v) is 5.91. The van der Waals surface area contributed by atoms with Crippen LogP contribution in [0.1, 0.15) is 42.9 Å². The summed E-state index contributed by atoms with van der Waals surface area (Å²) >= 11 is 0. The van der Waals surface area contributed by atoms with E-state index >= 15 is 0 Å². The molecule has 1 saturated heterocycles. The minimum Gasteiger partial charge on any atom is -0.470 e. The summed E-state index contributed by atoms with van der Waals surface area (Å²) in [6.07, 6.45) is 4.24. The van der Waals surface area contributed by atoms with Gasteiger partial charge < -0.3 is 19.5 Å². The fraction of sp³-hybridized carbons (Fsp3) is 0.429. The Balaban J connectivity index is 1.54. The van der Waals surface area contributed by atoms with Gasteiger partial charge in [-0.1, -0.05) is 25.1 Å². The number of hydrogen-bond donors (Lipinski definition) is 1. The summed E-state index contributed by atoms with van der Waals surface area (Å²) < 4.78 is 12.5. The molecule has 3 aliphatic rings. The topological polar surface area (TPSA) is 40.9 Å². The maximum Gasteiger partial charge on any atom is 0.182 e. The van der Waals surface area contributed by atoms with E-state index in [0.717, 1.165) is 55.4 Å². The number of fused-ring (bicyclic) bond motifs is 4. The van der Waals surface area contributed by atoms with Crippen molar-refractivity contribution in [1.29, 1.82) is 0 Å². The molecule has 1 aromatic carbocycles. The predicted octanol–water partition coefficient (Wildman–Crippen LogP) is 3.69. The van der Waals surface area contributed by atoms with E-state index in [1.165, 1.54) is 5.56 Å². The molecule has 1 atom stereocenters. The highest BCUT2D eigenvalue weighted by molar-refractivity contribution is 5.64. The zero-order valence-electron chi connectivity index (χ0n) is 15.4. The zero-order valence-corrected chi connectivity index (χ0v) is 15.4. The standard InChI is InChI=1S/C21H25N3O2/c1-3-23-12-10-21(11-13-23)24-18(16-6-4-5-7-19(16)26-21)14-17(22-24)20-9-8-15(2)25-20/h4-9,14,18,22H,3,10-13H2,1-2H3/t18-/m0/s1. The second-order valence-corrected chi connectivity index (χ2v) is 7.44. The molecule has 0 bridgehead atoms. The molecule has 0 radical (unpaired) electrons. The van der Waals surface area contributed by atoms with E-state index in [4.69, 9.17) is 9.15 Å². The Bertz CT molecular complexity index is 848. The highest BCUT2D eigenvalue weighted by Gasteiger charge is 2.51. The fourth-order valence-electron chi connectivity index (χ4n) is 4.40. The van der Waals surface area contributed by atoms with E-state index < -0.39 is 0 Å². The minimum atomic E-state index is -0.315. The van der Waals surface area contributed by atoms with Crippen LogP contribution in [0.4, 0.5) is 0 Å². The van der Waals surface area contributed by atoms with Crippen molar-refractivity contribution in [2.45, 2.75) is 38.5 Å². The van der Waals surface area contributed by atoms with Crippen LogP contribution < -0.4 is 10.2 Å². The lowest BCUT2D eigenvalue weighted by Gasteiger charge is -2.51. The number of rotatable bonds is 2. The molecule has 5 nitrogen and oxygen atoms in total. The summed E-state index contributed by atoms with van der Waals surface area (Å²) in [4.78, 5) is 2.49. The molecule has 26 heavy (non-hydrogen) atoms. The molecule has 0 aliphatic carbocycles. The number of benzene rings is 1. The van der Waals surface area contributed by atoms with Crippen molar-refractivity contribution in [1.82, 2.24) is 15.3 Å². The second kappa shape index (κ2) is 5.89. The summed E-state index contributed by atoms with van der Waals surface area (Å²) in [6, 6.07) is 12.6. The predicted molar refractivity (Wildman–Crippen MR) is 100 cm³/mol. The van der Waals surface area contributed by atoms with Crippen LogP contribution in [0.2, 0.25) is 0 Å². The number of piperidine rings is 1. The van der Waals surface area contributed by atoms with Crippen molar-refractivity contribution >= 4 is 5.70 Å². The summed E-state index contributed by atoms with van der Waals surface area (Å²) in [5.74, 6) is 2.82. The molecule has 1 spiro atoms. The molecule has 0 unspecified atom stereocenters. The van der Waals surface area contributed by atoms with Gasteiger partial charge in [-0.05, 0) is 37.7 Å². The van der Waals surface area contributed by atoms with E-state index in [-0.39, 0.29) is 11.8 Å². The molecule has 0 saturated carbocycles. The van der Waals surface area contributed by atoms with Crippen LogP contribution in [0.3, 0.4) is 0 Å². The lowest BCUT2D eigenvalue weighted by Crippen LogP contribution is -2.63. The maximum atomic E-state index is 6.63. The highest BCUT2D eigenvalue weighted by Crippen LogP contribution is 2.48. The van der Waals surface area contributed by atoms with Gasteiger partial charge in [0.15, 0.2) is 11.5 Å². The van der Waals surface area contributed by atoms with Crippen LogP contribution in [0.5, 0.6) is 5.75 Å². The quantitative estimate of drug-likeness (QED) is 0.893. The van der Waals surface area contributed by atoms with E-state index in [0.29, 0.717) is 0 Å². The number of nitrogens with zero attached hydrogens (tertiary/aromatic N) is 2. The number of nitrogens with one attached hydrogen (secondary N) is 1. The van der Waals surface area contributed by atoms with Crippen molar-refractivity contribution in [3.05, 3.63) is 59.6 Å². The number of hydrogen-bond acceptors (Lipinski definition) is 5. The van der Waals surface area contributed by atoms with Gasteiger partial charge in [0.1, 0.15) is 11.5 Å². The molecule has 3 aliphatic heterocycles. The van der Waals surface area contributed by atoms with Gasteiger partial charge in [0, 0.05) is 31.5 Å². The summed E-state index contributed by atoms with van der Waals surface area (Å²) in [7, 11) is 0. The van der Waals surface area contributed by atoms with Crippen molar-refractivity contribution in [3.8, 4) is 5.75 Å². The van der Waals surface area contributed by atoms with Crippen molar-refractivity contribution in [2.24, 2.45) is 0 Å². The third-order valence-electron chi connectivity index (χ3n) is 5.91. The second-order valence-electron chi connectivity index (χ2n) is 7.44. The van der Waals surface area contributed by atoms with Gasteiger partial charge in [-0.25, -0.2) is 0 Å². The number of ether oxygens (including phenoxy) is 1. The average molecular weight is 351 g/mol. The Labute approximate surface area is 154 Å². The van der Waals surface area contributed by atoms with Crippen LogP contribution >= 0.6 is 0 Å². The third kappa shape index (κ3) is 2.38. The van der Waals surface area contributed by atoms with E-state index in [9.17, 15) is 0 Å². The first kappa shape index (κ1) is 16.0. The zero-order chi connectivity index (χ0) is 17.7. The van der Waals surface area contributed by atoms with Crippen molar-refractivity contribution < 1.29 is 9.15 Å². The largest absolute Gasteiger partial charge is 0.470 e. The molecule has 1 fully saturated rings. The van der Waals surface area contributed by atoms with Gasteiger partial charge in [0.25, 0.3) is 0 Å². The van der Waals surface area contributed by atoms with Gasteiger partial charge >= 0.3 is 0 Å². The summed E-state index contributed by atoms with van der Waals surface area (Å²) in [6.45, 7) is 7.41. The SMILES string of the molecule is CCN1CCC2(CC1)Oc1ccccc1[C@@H]1C=C(c3ccc(C)o3)NN12. The fourth-order valence-corrected chi connectivity index (χ4v) is 4.40. The molecule has 1 aromatic heterocycles. The van der Waals surface area contributed by atoms with Crippen molar-refractivity contribution in [2.75, 3.05) is 19.6 Å². The summed E-state index contributed by atoms with van der Waals surface area (Å²) in [5, 5.41) is 2.32. The number of likely N-dealkylation sites (tertiary alicyclic amines) is 1. The normalized spacial score (nSPS) is 24.5. The van der Waals surface area contributed by atoms with Gasteiger partial charge in [-0.3, -0.25) is 0 Å². The van der Waals surface area contributed by atoms with Gasteiger partial charge in [0.05, 0.1) is 11.7 Å². The van der Waals surface area contributed by atoms with Crippen molar-refractivity contribution in [3.63, 3.8) is 0 Å². The Morgan fingerprint density at radius 3 is 2.69 bits per heavy atom. The molecule has 2 aromatic rings. The van der Waals surface area contributed by atoms with Crippen LogP contribution in [-0.4, -0.2) is 35.3 Å². The number of para-hydroxylation sites is 1. The monoisotopic (exact) mass is 351 g/mol. The first-order chi connectivity index (χ1) is 12.7. The Morgan fingerprint density at radius 2 is 1.96 bits per heavy atom. The molecule has 5 heteroatoms. The van der Waals surface area contributed by atoms with Crippen LogP contribution in [0, 0.1) is 6.92 Å². The van der Waals surface area contributed by atoms with Crippen LogP contribution in [0.25, 0.3) is 5.70 Å². The van der Waals surface area contributed by atoms with Gasteiger partial charge in [-0.15, -0.1) is 0 Å². The molecule has 136 valence electrons. The Hall–Kier alpha value is -2.24. The highest BCUT2D eigenvalue weighted by atomic mass is 16.5. The molecular weight excluding hydrogens is 326 g/mol. The molecule has 0 amide bonds. The molecule has 5 rings (SSSR count).